The highest BCUT2D eigenvalue weighted by Gasteiger charge is 2.15. The monoisotopic (exact) mass is 280 g/mol. The molecule has 0 aliphatic carbocycles. The Labute approximate surface area is 120 Å². The van der Waals surface area contributed by atoms with Gasteiger partial charge in [-0.2, -0.15) is 0 Å². The molecular formula is C15H24N2O3. The molecule has 0 amide bonds. The molecule has 2 rings (SSSR count). The third kappa shape index (κ3) is 3.55. The molecular weight excluding hydrogens is 256 g/mol. The molecule has 5 nitrogen and oxygen atoms in total. The molecule has 1 aliphatic rings. The molecule has 0 unspecified atom stereocenters. The molecule has 0 aromatic heterocycles. The average Bonchev–Trinajstić information content (AvgIpc) is 2.75. The molecule has 0 saturated carbocycles. The van der Waals surface area contributed by atoms with Crippen LogP contribution in [0.4, 0.5) is 0 Å². The zero-order valence-corrected chi connectivity index (χ0v) is 12.6. The van der Waals surface area contributed by atoms with Gasteiger partial charge in [-0.25, -0.2) is 0 Å². The van der Waals surface area contributed by atoms with Gasteiger partial charge in [0, 0.05) is 31.3 Å². The van der Waals surface area contributed by atoms with Crippen LogP contribution in [0.5, 0.6) is 17.2 Å². The van der Waals surface area contributed by atoms with E-state index in [1.165, 1.54) is 6.42 Å². The van der Waals surface area contributed by atoms with E-state index in [0.717, 1.165) is 49.8 Å². The highest BCUT2D eigenvalue weighted by Crippen LogP contribution is 2.35. The van der Waals surface area contributed by atoms with Gasteiger partial charge in [0.1, 0.15) is 5.75 Å². The van der Waals surface area contributed by atoms with E-state index >= 15 is 0 Å². The van der Waals surface area contributed by atoms with Crippen LogP contribution in [0.1, 0.15) is 12.0 Å². The minimum Gasteiger partial charge on any atom is -0.496 e. The van der Waals surface area contributed by atoms with Crippen LogP contribution < -0.4 is 19.5 Å². The number of hydrogen-bond donors (Lipinski definition) is 1. The number of nitrogens with zero attached hydrogens (tertiary/aromatic N) is 1. The van der Waals surface area contributed by atoms with Gasteiger partial charge in [-0.05, 0) is 25.6 Å². The predicted octanol–water partition coefficient (Wildman–Crippen LogP) is 1.51. The van der Waals surface area contributed by atoms with E-state index in [4.69, 9.17) is 14.2 Å². The number of ether oxygens (including phenoxy) is 3. The number of rotatable bonds is 5. The lowest BCUT2D eigenvalue weighted by molar-refractivity contribution is 0.276. The lowest BCUT2D eigenvalue weighted by atomic mass is 10.1. The van der Waals surface area contributed by atoms with Gasteiger partial charge in [0.25, 0.3) is 0 Å². The Morgan fingerprint density at radius 3 is 2.35 bits per heavy atom. The molecule has 1 fully saturated rings. The van der Waals surface area contributed by atoms with Crippen molar-refractivity contribution >= 4 is 0 Å². The normalized spacial score (nSPS) is 16.6. The summed E-state index contributed by atoms with van der Waals surface area (Å²) in [6.07, 6.45) is 1.18. The van der Waals surface area contributed by atoms with E-state index in [-0.39, 0.29) is 0 Å². The van der Waals surface area contributed by atoms with Crippen LogP contribution >= 0.6 is 0 Å². The molecule has 0 radical (unpaired) electrons. The Bertz CT molecular complexity index is 429. The van der Waals surface area contributed by atoms with E-state index in [0.29, 0.717) is 5.75 Å². The maximum absolute atomic E-state index is 5.48. The average molecular weight is 280 g/mol. The molecule has 1 heterocycles. The van der Waals surface area contributed by atoms with Gasteiger partial charge in [-0.15, -0.1) is 0 Å². The molecule has 0 spiro atoms. The number of benzene rings is 1. The Kier molecular flexibility index (Phi) is 5.49. The number of methoxy groups -OCH3 is 3. The maximum atomic E-state index is 5.48. The van der Waals surface area contributed by atoms with E-state index in [1.54, 1.807) is 21.3 Å². The lowest BCUT2D eigenvalue weighted by Crippen LogP contribution is -2.27. The second-order valence-corrected chi connectivity index (χ2v) is 4.90. The maximum Gasteiger partial charge on any atom is 0.164 e. The molecule has 20 heavy (non-hydrogen) atoms. The van der Waals surface area contributed by atoms with E-state index in [9.17, 15) is 0 Å². The van der Waals surface area contributed by atoms with Crippen molar-refractivity contribution in [3.05, 3.63) is 17.7 Å². The molecule has 5 heteroatoms. The highest BCUT2D eigenvalue weighted by molar-refractivity contribution is 5.50. The van der Waals surface area contributed by atoms with Gasteiger partial charge in [0.15, 0.2) is 11.5 Å². The minimum absolute atomic E-state index is 0.700. The fourth-order valence-electron chi connectivity index (χ4n) is 2.52. The van der Waals surface area contributed by atoms with Crippen LogP contribution in [-0.2, 0) is 6.54 Å². The summed E-state index contributed by atoms with van der Waals surface area (Å²) in [6.45, 7) is 5.16. The van der Waals surface area contributed by atoms with Gasteiger partial charge in [-0.3, -0.25) is 4.90 Å². The molecule has 1 N–H and O–H groups in total. The second-order valence-electron chi connectivity index (χ2n) is 4.90. The van der Waals surface area contributed by atoms with Crippen LogP contribution in [0.2, 0.25) is 0 Å². The Morgan fingerprint density at radius 1 is 0.950 bits per heavy atom. The number of hydrogen-bond acceptors (Lipinski definition) is 5. The third-order valence-corrected chi connectivity index (χ3v) is 3.61. The first-order valence-electron chi connectivity index (χ1n) is 7.00. The summed E-state index contributed by atoms with van der Waals surface area (Å²) < 4.78 is 16.2. The standard InChI is InChI=1S/C15H24N2O3/c1-18-13-10-15(20-3)14(19-2)9-12(13)11-17-7-4-5-16-6-8-17/h9-10,16H,4-8,11H2,1-3H3. The molecule has 1 aliphatic heterocycles. The fraction of sp³-hybridized carbons (Fsp3) is 0.600. The Morgan fingerprint density at radius 2 is 1.65 bits per heavy atom. The summed E-state index contributed by atoms with van der Waals surface area (Å²) in [7, 11) is 4.98. The van der Waals surface area contributed by atoms with Gasteiger partial charge in [0.2, 0.25) is 0 Å². The van der Waals surface area contributed by atoms with Gasteiger partial charge < -0.3 is 19.5 Å². The minimum atomic E-state index is 0.700. The quantitative estimate of drug-likeness (QED) is 0.885. The zero-order valence-electron chi connectivity index (χ0n) is 12.6. The zero-order chi connectivity index (χ0) is 14.4. The van der Waals surface area contributed by atoms with Gasteiger partial charge in [0.05, 0.1) is 21.3 Å². The van der Waals surface area contributed by atoms with Crippen LogP contribution in [0.15, 0.2) is 12.1 Å². The SMILES string of the molecule is COc1cc(OC)c(OC)cc1CN1CCCNCC1. The molecule has 112 valence electrons. The summed E-state index contributed by atoms with van der Waals surface area (Å²) in [5, 5.41) is 3.41. The first kappa shape index (κ1) is 14.9. The van der Waals surface area contributed by atoms with Crippen molar-refractivity contribution in [1.29, 1.82) is 0 Å². The molecule has 0 atom stereocenters. The molecule has 1 saturated heterocycles. The summed E-state index contributed by atoms with van der Waals surface area (Å²) in [5.74, 6) is 2.29. The van der Waals surface area contributed by atoms with E-state index in [2.05, 4.69) is 10.2 Å². The Hall–Kier alpha value is -1.46. The molecule has 1 aromatic rings. The van der Waals surface area contributed by atoms with Crippen LogP contribution in [0.25, 0.3) is 0 Å². The second kappa shape index (κ2) is 7.36. The van der Waals surface area contributed by atoms with Crippen LogP contribution in [0.3, 0.4) is 0 Å². The van der Waals surface area contributed by atoms with Crippen molar-refractivity contribution in [2.24, 2.45) is 0 Å². The summed E-state index contributed by atoms with van der Waals surface area (Å²) >= 11 is 0. The van der Waals surface area contributed by atoms with Crippen LogP contribution in [-0.4, -0.2) is 52.4 Å². The van der Waals surface area contributed by atoms with Gasteiger partial charge >= 0.3 is 0 Å². The summed E-state index contributed by atoms with van der Waals surface area (Å²) in [5.41, 5.74) is 1.13. The van der Waals surface area contributed by atoms with Crippen molar-refractivity contribution in [1.82, 2.24) is 10.2 Å². The first-order chi connectivity index (χ1) is 9.78. The smallest absolute Gasteiger partial charge is 0.164 e. The molecule has 1 aromatic carbocycles. The van der Waals surface area contributed by atoms with Crippen LogP contribution in [0, 0.1) is 0 Å². The van der Waals surface area contributed by atoms with Gasteiger partial charge in [-0.1, -0.05) is 0 Å². The topological polar surface area (TPSA) is 43.0 Å². The molecule has 0 bridgehead atoms. The first-order valence-corrected chi connectivity index (χ1v) is 7.00. The van der Waals surface area contributed by atoms with Crippen molar-refractivity contribution in [3.63, 3.8) is 0 Å². The van der Waals surface area contributed by atoms with Crippen molar-refractivity contribution in [2.45, 2.75) is 13.0 Å². The van der Waals surface area contributed by atoms with Crippen molar-refractivity contribution in [2.75, 3.05) is 47.5 Å². The van der Waals surface area contributed by atoms with Crippen molar-refractivity contribution in [3.8, 4) is 17.2 Å². The van der Waals surface area contributed by atoms with E-state index < -0.39 is 0 Å². The highest BCUT2D eigenvalue weighted by atomic mass is 16.5. The largest absolute Gasteiger partial charge is 0.496 e. The number of nitrogens with one attached hydrogen (secondary N) is 1. The summed E-state index contributed by atoms with van der Waals surface area (Å²) in [6, 6.07) is 3.90. The predicted molar refractivity (Wildman–Crippen MR) is 78.9 cm³/mol. The third-order valence-electron chi connectivity index (χ3n) is 3.61. The van der Waals surface area contributed by atoms with Crippen molar-refractivity contribution < 1.29 is 14.2 Å². The fourth-order valence-corrected chi connectivity index (χ4v) is 2.52. The summed E-state index contributed by atoms with van der Waals surface area (Å²) in [4.78, 5) is 2.43. The lowest BCUT2D eigenvalue weighted by Gasteiger charge is -2.22. The Balaban J connectivity index is 2.20. The van der Waals surface area contributed by atoms with E-state index in [1.807, 2.05) is 12.1 Å².